The summed E-state index contributed by atoms with van der Waals surface area (Å²) in [5.74, 6) is -0.478. The Bertz CT molecular complexity index is 223. The molecule has 0 unspecified atom stereocenters. The van der Waals surface area contributed by atoms with E-state index in [0.717, 1.165) is 12.8 Å². The molecule has 0 aromatic carbocycles. The molecule has 0 radical (unpaired) electrons. The van der Waals surface area contributed by atoms with Gasteiger partial charge < -0.3 is 16.6 Å². The van der Waals surface area contributed by atoms with Gasteiger partial charge in [0.1, 0.15) is 0 Å². The summed E-state index contributed by atoms with van der Waals surface area (Å²) in [6, 6.07) is 0. The number of carboxylic acids is 1. The second kappa shape index (κ2) is 4.11. The van der Waals surface area contributed by atoms with E-state index < -0.39 is 5.97 Å². The maximum Gasteiger partial charge on any atom is 0.306 e. The molecule has 0 heterocycles. The predicted octanol–water partition coefficient (Wildman–Crippen LogP) is -0.239. The van der Waals surface area contributed by atoms with Gasteiger partial charge >= 0.3 is 5.97 Å². The number of aliphatic imine (C=N–C) groups is 1. The van der Waals surface area contributed by atoms with Gasteiger partial charge in [0.25, 0.3) is 0 Å². The maximum atomic E-state index is 10.6. The standard InChI is InChI=1S/C8H15N3O2/c9-8(10)11-4-5-1-2-6(3-5)7(12)13/h5-6H,1-4H2,(H,12,13)(H4,9,10,11)/t5-,6+/m1/s1. The summed E-state index contributed by atoms with van der Waals surface area (Å²) >= 11 is 0. The van der Waals surface area contributed by atoms with Crippen LogP contribution in [0.2, 0.25) is 0 Å². The quantitative estimate of drug-likeness (QED) is 0.417. The Labute approximate surface area is 76.8 Å². The zero-order valence-corrected chi connectivity index (χ0v) is 7.44. The molecule has 5 heteroatoms. The lowest BCUT2D eigenvalue weighted by molar-refractivity contribution is -0.141. The lowest BCUT2D eigenvalue weighted by Gasteiger charge is -2.05. The van der Waals surface area contributed by atoms with E-state index in [1.165, 1.54) is 0 Å². The Hall–Kier alpha value is -1.26. The summed E-state index contributed by atoms with van der Waals surface area (Å²) in [6.45, 7) is 0.562. The van der Waals surface area contributed by atoms with Crippen molar-refractivity contribution in [3.05, 3.63) is 0 Å². The SMILES string of the molecule is NC(N)=NC[C@@H]1CC[C@H](C(=O)O)C1. The fourth-order valence-corrected chi connectivity index (χ4v) is 1.70. The zero-order chi connectivity index (χ0) is 9.84. The Morgan fingerprint density at radius 3 is 2.62 bits per heavy atom. The van der Waals surface area contributed by atoms with Crippen molar-refractivity contribution in [1.82, 2.24) is 0 Å². The van der Waals surface area contributed by atoms with E-state index in [1.807, 2.05) is 0 Å². The number of carboxylic acid groups (broad SMARTS) is 1. The van der Waals surface area contributed by atoms with Gasteiger partial charge in [-0.1, -0.05) is 0 Å². The molecule has 13 heavy (non-hydrogen) atoms. The summed E-state index contributed by atoms with van der Waals surface area (Å²) in [5, 5.41) is 8.72. The second-order valence-electron chi connectivity index (χ2n) is 3.48. The van der Waals surface area contributed by atoms with Crippen LogP contribution in [0.5, 0.6) is 0 Å². The average molecular weight is 185 g/mol. The van der Waals surface area contributed by atoms with Crippen LogP contribution in [-0.2, 0) is 4.79 Å². The first kappa shape index (κ1) is 9.83. The first-order valence-electron chi connectivity index (χ1n) is 4.37. The molecule has 0 spiro atoms. The van der Waals surface area contributed by atoms with Crippen molar-refractivity contribution in [3.8, 4) is 0 Å². The van der Waals surface area contributed by atoms with Crippen molar-refractivity contribution in [1.29, 1.82) is 0 Å². The molecular weight excluding hydrogens is 170 g/mol. The molecule has 2 atom stereocenters. The highest BCUT2D eigenvalue weighted by Gasteiger charge is 2.29. The molecule has 5 N–H and O–H groups in total. The predicted molar refractivity (Wildman–Crippen MR) is 49.1 cm³/mol. The summed E-state index contributed by atoms with van der Waals surface area (Å²) < 4.78 is 0. The molecule has 1 aliphatic carbocycles. The van der Waals surface area contributed by atoms with Crippen LogP contribution >= 0.6 is 0 Å². The Kier molecular flexibility index (Phi) is 3.11. The van der Waals surface area contributed by atoms with Crippen LogP contribution in [0, 0.1) is 11.8 Å². The normalized spacial score (nSPS) is 27.1. The molecule has 5 nitrogen and oxygen atoms in total. The van der Waals surface area contributed by atoms with E-state index in [2.05, 4.69) is 4.99 Å². The third kappa shape index (κ3) is 2.93. The molecule has 0 aromatic heterocycles. The Morgan fingerprint density at radius 1 is 1.46 bits per heavy atom. The van der Waals surface area contributed by atoms with E-state index in [0.29, 0.717) is 18.9 Å². The molecule has 0 amide bonds. The Morgan fingerprint density at radius 2 is 2.15 bits per heavy atom. The molecule has 1 aliphatic rings. The third-order valence-electron chi connectivity index (χ3n) is 2.42. The molecule has 1 fully saturated rings. The topological polar surface area (TPSA) is 102 Å². The van der Waals surface area contributed by atoms with E-state index in [1.54, 1.807) is 0 Å². The molecule has 0 bridgehead atoms. The number of guanidine groups is 1. The van der Waals surface area contributed by atoms with Gasteiger partial charge in [-0.3, -0.25) is 9.79 Å². The van der Waals surface area contributed by atoms with E-state index in [9.17, 15) is 4.79 Å². The third-order valence-corrected chi connectivity index (χ3v) is 2.42. The fourth-order valence-electron chi connectivity index (χ4n) is 1.70. The van der Waals surface area contributed by atoms with Crippen LogP contribution in [0.4, 0.5) is 0 Å². The minimum absolute atomic E-state index is 0.0822. The number of rotatable bonds is 3. The van der Waals surface area contributed by atoms with Crippen LogP contribution in [0.1, 0.15) is 19.3 Å². The van der Waals surface area contributed by atoms with Crippen molar-refractivity contribution in [2.24, 2.45) is 28.3 Å². The van der Waals surface area contributed by atoms with Crippen molar-refractivity contribution in [3.63, 3.8) is 0 Å². The first-order chi connectivity index (χ1) is 6.09. The van der Waals surface area contributed by atoms with Gasteiger partial charge in [-0.05, 0) is 25.2 Å². The van der Waals surface area contributed by atoms with Crippen LogP contribution in [0.15, 0.2) is 4.99 Å². The number of nitrogens with zero attached hydrogens (tertiary/aromatic N) is 1. The van der Waals surface area contributed by atoms with Gasteiger partial charge in [0.2, 0.25) is 0 Å². The van der Waals surface area contributed by atoms with Crippen LogP contribution in [0.25, 0.3) is 0 Å². The highest BCUT2D eigenvalue weighted by atomic mass is 16.4. The van der Waals surface area contributed by atoms with Gasteiger partial charge in [-0.25, -0.2) is 0 Å². The summed E-state index contributed by atoms with van der Waals surface area (Å²) in [5.41, 5.74) is 10.4. The van der Waals surface area contributed by atoms with E-state index in [4.69, 9.17) is 16.6 Å². The molecule has 0 aliphatic heterocycles. The van der Waals surface area contributed by atoms with Crippen LogP contribution in [-0.4, -0.2) is 23.6 Å². The molecule has 0 aromatic rings. The highest BCUT2D eigenvalue weighted by molar-refractivity contribution is 5.75. The molecule has 1 rings (SSSR count). The maximum absolute atomic E-state index is 10.6. The largest absolute Gasteiger partial charge is 0.481 e. The molecule has 74 valence electrons. The van der Waals surface area contributed by atoms with Crippen molar-refractivity contribution >= 4 is 11.9 Å². The molecule has 1 saturated carbocycles. The molecular formula is C8H15N3O2. The minimum atomic E-state index is -0.702. The van der Waals surface area contributed by atoms with Gasteiger partial charge in [0.05, 0.1) is 5.92 Å². The van der Waals surface area contributed by atoms with Crippen LogP contribution < -0.4 is 11.5 Å². The molecule has 0 saturated heterocycles. The van der Waals surface area contributed by atoms with E-state index >= 15 is 0 Å². The van der Waals surface area contributed by atoms with Crippen molar-refractivity contribution in [2.45, 2.75) is 19.3 Å². The van der Waals surface area contributed by atoms with E-state index in [-0.39, 0.29) is 11.9 Å². The lowest BCUT2D eigenvalue weighted by Crippen LogP contribution is -2.23. The summed E-state index contributed by atoms with van der Waals surface area (Å²) in [4.78, 5) is 14.5. The fraction of sp³-hybridized carbons (Fsp3) is 0.750. The highest BCUT2D eigenvalue weighted by Crippen LogP contribution is 2.30. The smallest absolute Gasteiger partial charge is 0.306 e. The van der Waals surface area contributed by atoms with Crippen molar-refractivity contribution < 1.29 is 9.90 Å². The second-order valence-corrected chi connectivity index (χ2v) is 3.48. The van der Waals surface area contributed by atoms with Gasteiger partial charge in [0, 0.05) is 6.54 Å². The minimum Gasteiger partial charge on any atom is -0.481 e. The van der Waals surface area contributed by atoms with Crippen LogP contribution in [0.3, 0.4) is 0 Å². The zero-order valence-electron chi connectivity index (χ0n) is 7.44. The number of carbonyl (C=O) groups is 1. The average Bonchev–Trinajstić information content (AvgIpc) is 2.48. The monoisotopic (exact) mass is 185 g/mol. The number of nitrogens with two attached hydrogens (primary N) is 2. The van der Waals surface area contributed by atoms with Gasteiger partial charge in [0.15, 0.2) is 5.96 Å². The Balaban J connectivity index is 2.33. The summed E-state index contributed by atoms with van der Waals surface area (Å²) in [7, 11) is 0. The number of aliphatic carboxylic acids is 1. The lowest BCUT2D eigenvalue weighted by atomic mass is 10.1. The first-order valence-corrected chi connectivity index (χ1v) is 4.37. The van der Waals surface area contributed by atoms with Gasteiger partial charge in [-0.2, -0.15) is 0 Å². The van der Waals surface area contributed by atoms with Gasteiger partial charge in [-0.15, -0.1) is 0 Å². The number of hydrogen-bond donors (Lipinski definition) is 3. The summed E-state index contributed by atoms with van der Waals surface area (Å²) in [6.07, 6.45) is 2.36. The number of hydrogen-bond acceptors (Lipinski definition) is 2. The van der Waals surface area contributed by atoms with Crippen molar-refractivity contribution in [2.75, 3.05) is 6.54 Å².